The van der Waals surface area contributed by atoms with Gasteiger partial charge in [-0.25, -0.2) is 4.79 Å². The first-order valence-electron chi connectivity index (χ1n) is 6.41. The van der Waals surface area contributed by atoms with E-state index in [0.717, 1.165) is 17.4 Å². The minimum absolute atomic E-state index is 0.151. The highest BCUT2D eigenvalue weighted by atomic mass is 32.2. The maximum atomic E-state index is 12.0. The Bertz CT molecular complexity index is 577. The van der Waals surface area contributed by atoms with Gasteiger partial charge in [0.05, 0.1) is 25.6 Å². The van der Waals surface area contributed by atoms with Crippen LogP contribution in [0.15, 0.2) is 0 Å². The van der Waals surface area contributed by atoms with Gasteiger partial charge in [-0.15, -0.1) is 0 Å². The zero-order valence-corrected chi connectivity index (χ0v) is 14.7. The van der Waals surface area contributed by atoms with Gasteiger partial charge in [-0.3, -0.25) is 8.37 Å². The van der Waals surface area contributed by atoms with E-state index >= 15 is 0 Å². The molecule has 0 aromatic carbocycles. The van der Waals surface area contributed by atoms with E-state index in [0.29, 0.717) is 0 Å². The number of ether oxygens (including phenoxy) is 1. The van der Waals surface area contributed by atoms with Gasteiger partial charge in [0.15, 0.2) is 0 Å². The van der Waals surface area contributed by atoms with Gasteiger partial charge < -0.3 is 9.64 Å². The topological polar surface area (TPSA) is 116 Å². The fraction of sp³-hybridized carbons (Fsp3) is 0.909. The molecule has 1 fully saturated rings. The van der Waals surface area contributed by atoms with Crippen LogP contribution >= 0.6 is 0 Å². The van der Waals surface area contributed by atoms with Crippen LogP contribution in [0.3, 0.4) is 0 Å². The molecule has 0 bridgehead atoms. The second kappa shape index (κ2) is 6.30. The molecule has 1 rings (SSSR count). The fourth-order valence-corrected chi connectivity index (χ4v) is 3.12. The quantitative estimate of drug-likeness (QED) is 0.640. The highest BCUT2D eigenvalue weighted by molar-refractivity contribution is 7.86. The third-order valence-corrected chi connectivity index (χ3v) is 3.66. The molecule has 1 aliphatic heterocycles. The van der Waals surface area contributed by atoms with Crippen LogP contribution in [-0.2, 0) is 33.3 Å². The molecule has 9 nitrogen and oxygen atoms in total. The molecule has 1 heterocycles. The van der Waals surface area contributed by atoms with E-state index in [4.69, 9.17) is 13.1 Å². The number of nitrogens with zero attached hydrogens (tertiary/aromatic N) is 1. The molecule has 11 heteroatoms. The van der Waals surface area contributed by atoms with E-state index in [9.17, 15) is 21.6 Å². The van der Waals surface area contributed by atoms with Crippen molar-refractivity contribution in [3.05, 3.63) is 0 Å². The Labute approximate surface area is 130 Å². The summed E-state index contributed by atoms with van der Waals surface area (Å²) in [6.07, 6.45) is -1.26. The molecule has 0 aliphatic carbocycles. The third-order valence-electron chi connectivity index (χ3n) is 2.46. The lowest BCUT2D eigenvalue weighted by Crippen LogP contribution is -2.36. The van der Waals surface area contributed by atoms with Gasteiger partial charge in [0.2, 0.25) is 0 Å². The molecule has 0 saturated carbocycles. The van der Waals surface area contributed by atoms with E-state index in [-0.39, 0.29) is 13.1 Å². The van der Waals surface area contributed by atoms with Crippen molar-refractivity contribution in [1.82, 2.24) is 4.90 Å². The first-order valence-corrected chi connectivity index (χ1v) is 10.0. The van der Waals surface area contributed by atoms with Gasteiger partial charge in [0.25, 0.3) is 20.2 Å². The molecule has 130 valence electrons. The summed E-state index contributed by atoms with van der Waals surface area (Å²) >= 11 is 0. The largest absolute Gasteiger partial charge is 0.444 e. The van der Waals surface area contributed by atoms with Crippen LogP contribution in [0.5, 0.6) is 0 Å². The lowest BCUT2D eigenvalue weighted by atomic mass is 10.2. The first kappa shape index (κ1) is 19.1. The van der Waals surface area contributed by atoms with Gasteiger partial charge in [0, 0.05) is 0 Å². The molecule has 1 aliphatic rings. The lowest BCUT2D eigenvalue weighted by molar-refractivity contribution is 0.0271. The van der Waals surface area contributed by atoms with Crippen molar-refractivity contribution in [1.29, 1.82) is 0 Å². The Morgan fingerprint density at radius 2 is 1.32 bits per heavy atom. The molecule has 1 amide bonds. The Kier molecular flexibility index (Phi) is 5.48. The van der Waals surface area contributed by atoms with Crippen LogP contribution < -0.4 is 0 Å². The predicted molar refractivity (Wildman–Crippen MR) is 77.2 cm³/mol. The normalized spacial score (nSPS) is 23.6. The molecule has 0 unspecified atom stereocenters. The van der Waals surface area contributed by atoms with Gasteiger partial charge in [-0.05, 0) is 20.8 Å². The van der Waals surface area contributed by atoms with Crippen LogP contribution in [0.2, 0.25) is 0 Å². The minimum atomic E-state index is -3.83. The van der Waals surface area contributed by atoms with Crippen LogP contribution in [0.4, 0.5) is 4.79 Å². The van der Waals surface area contributed by atoms with Crippen LogP contribution in [0.25, 0.3) is 0 Å². The molecule has 0 spiro atoms. The van der Waals surface area contributed by atoms with Crippen LogP contribution in [0.1, 0.15) is 20.8 Å². The summed E-state index contributed by atoms with van der Waals surface area (Å²) in [4.78, 5) is 13.1. The summed E-state index contributed by atoms with van der Waals surface area (Å²) in [5.74, 6) is 0. The molecular formula is C11H21NO8S2. The van der Waals surface area contributed by atoms with Crippen molar-refractivity contribution in [3.8, 4) is 0 Å². The van der Waals surface area contributed by atoms with Crippen molar-refractivity contribution in [2.75, 3.05) is 25.6 Å². The smallest absolute Gasteiger partial charge is 0.410 e. The zero-order valence-electron chi connectivity index (χ0n) is 13.1. The minimum Gasteiger partial charge on any atom is -0.444 e. The summed E-state index contributed by atoms with van der Waals surface area (Å²) < 4.78 is 59.7. The van der Waals surface area contributed by atoms with Crippen molar-refractivity contribution < 1.29 is 34.7 Å². The number of likely N-dealkylation sites (tertiary alicyclic amines) is 1. The zero-order chi connectivity index (χ0) is 17.3. The Morgan fingerprint density at radius 3 is 1.59 bits per heavy atom. The van der Waals surface area contributed by atoms with Gasteiger partial charge >= 0.3 is 6.09 Å². The van der Waals surface area contributed by atoms with E-state index in [2.05, 4.69) is 0 Å². The van der Waals surface area contributed by atoms with E-state index in [1.165, 1.54) is 0 Å². The highest BCUT2D eigenvalue weighted by Gasteiger charge is 2.42. The summed E-state index contributed by atoms with van der Waals surface area (Å²) in [6, 6.07) is 0. The Morgan fingerprint density at radius 1 is 0.955 bits per heavy atom. The average molecular weight is 359 g/mol. The molecular weight excluding hydrogens is 338 g/mol. The molecule has 1 saturated heterocycles. The third kappa shape index (κ3) is 6.90. The van der Waals surface area contributed by atoms with Gasteiger partial charge in [-0.2, -0.15) is 16.8 Å². The van der Waals surface area contributed by atoms with E-state index < -0.39 is 44.1 Å². The monoisotopic (exact) mass is 359 g/mol. The molecule has 22 heavy (non-hydrogen) atoms. The van der Waals surface area contributed by atoms with E-state index in [1.807, 2.05) is 0 Å². The summed E-state index contributed by atoms with van der Waals surface area (Å²) in [5.41, 5.74) is -0.736. The van der Waals surface area contributed by atoms with Crippen LogP contribution in [-0.4, -0.2) is 71.2 Å². The standard InChI is InChI=1S/C11H21NO8S2/c1-11(2,3)18-10(13)12-6-8(19-21(4,14)15)9(7-12)20-22(5,16)17/h8-9H,6-7H2,1-5H3/t8-,9-/m1/s1. The summed E-state index contributed by atoms with van der Waals surface area (Å²) in [6.45, 7) is 4.73. The molecule has 0 radical (unpaired) electrons. The SMILES string of the molecule is CC(C)(C)OC(=O)N1C[C@@H](OS(C)(=O)=O)[C@H](OS(C)(=O)=O)C1. The molecule has 0 aromatic heterocycles. The number of carbonyl (C=O) groups is 1. The van der Waals surface area contributed by atoms with E-state index in [1.54, 1.807) is 20.8 Å². The number of rotatable bonds is 4. The van der Waals surface area contributed by atoms with Crippen molar-refractivity contribution in [2.24, 2.45) is 0 Å². The molecule has 0 aromatic rings. The average Bonchev–Trinajstić information content (AvgIpc) is 2.53. The maximum Gasteiger partial charge on any atom is 0.410 e. The molecule has 2 atom stereocenters. The summed E-state index contributed by atoms with van der Waals surface area (Å²) in [7, 11) is -7.67. The van der Waals surface area contributed by atoms with Gasteiger partial charge in [-0.1, -0.05) is 0 Å². The molecule has 0 N–H and O–H groups in total. The Hall–Kier alpha value is -0.910. The summed E-state index contributed by atoms with van der Waals surface area (Å²) in [5, 5.41) is 0. The first-order chi connectivity index (χ1) is 9.66. The van der Waals surface area contributed by atoms with Crippen molar-refractivity contribution in [3.63, 3.8) is 0 Å². The van der Waals surface area contributed by atoms with Crippen molar-refractivity contribution >= 4 is 26.3 Å². The van der Waals surface area contributed by atoms with Crippen molar-refractivity contribution in [2.45, 2.75) is 38.6 Å². The lowest BCUT2D eigenvalue weighted by Gasteiger charge is -2.24. The maximum absolute atomic E-state index is 12.0. The fourth-order valence-electron chi connectivity index (χ4n) is 1.85. The number of hydrogen-bond acceptors (Lipinski definition) is 8. The number of amides is 1. The second-order valence-electron chi connectivity index (χ2n) is 6.06. The number of hydrogen-bond donors (Lipinski definition) is 0. The van der Waals surface area contributed by atoms with Gasteiger partial charge in [0.1, 0.15) is 17.8 Å². The second-order valence-corrected chi connectivity index (χ2v) is 9.26. The Balaban J connectivity index is 2.88. The van der Waals surface area contributed by atoms with Crippen LogP contribution in [0, 0.1) is 0 Å². The number of carbonyl (C=O) groups excluding carboxylic acids is 1. The highest BCUT2D eigenvalue weighted by Crippen LogP contribution is 2.22. The predicted octanol–water partition coefficient (Wildman–Crippen LogP) is -0.0733.